The van der Waals surface area contributed by atoms with E-state index in [2.05, 4.69) is 37.5 Å². The molecule has 5 rings (SSSR count). The van der Waals surface area contributed by atoms with Crippen molar-refractivity contribution in [3.05, 3.63) is 93.5 Å². The van der Waals surface area contributed by atoms with E-state index in [1.807, 2.05) is 0 Å². The van der Waals surface area contributed by atoms with E-state index in [1.165, 1.54) is 121 Å². The molecule has 0 saturated heterocycles. The van der Waals surface area contributed by atoms with Gasteiger partial charge in [-0.25, -0.2) is 14.6 Å². The summed E-state index contributed by atoms with van der Waals surface area (Å²) in [4.78, 5) is 68.9. The van der Waals surface area contributed by atoms with E-state index in [9.17, 15) is 29.1 Å². The summed E-state index contributed by atoms with van der Waals surface area (Å²) in [6.07, 6.45) is 26.4. The van der Waals surface area contributed by atoms with Gasteiger partial charge in [0.2, 0.25) is 0 Å². The highest BCUT2D eigenvalue weighted by molar-refractivity contribution is 6.36. The Kier molecular flexibility index (Phi) is 17.6. The largest absolute Gasteiger partial charge is 0.478 e. The van der Waals surface area contributed by atoms with Crippen LogP contribution in [0.2, 0.25) is 0 Å². The Bertz CT molecular complexity index is 1970. The van der Waals surface area contributed by atoms with Gasteiger partial charge in [-0.3, -0.25) is 19.2 Å². The highest BCUT2D eigenvalue weighted by atomic mass is 16.4. The van der Waals surface area contributed by atoms with Gasteiger partial charge in [0, 0.05) is 24.0 Å². The molecular weight excluding hydrogens is 737 g/mol. The van der Waals surface area contributed by atoms with Crippen LogP contribution in [0, 0.1) is 23.7 Å². The van der Waals surface area contributed by atoms with Gasteiger partial charge < -0.3 is 5.11 Å². The number of amides is 4. The number of imide groups is 2. The molecule has 0 aromatic heterocycles. The van der Waals surface area contributed by atoms with Gasteiger partial charge in [-0.05, 0) is 67.4 Å². The standard InChI is InChI=1S/C51H60N2O6/c1-3-5-7-9-11-13-15-17-19-21-23-25-27-38-29-31-43-45(33-38)49(56)52(47(43)54)41-35-40(51(58)59)36-42(37-41)53-48(55)44-32-30-39(34-46(44)50(53)57)28-26-24-22-20-18-16-14-12-10-8-6-4-2/h29-37H,3-24H2,1-2H3,(H,58,59). The zero-order valence-corrected chi connectivity index (χ0v) is 35.1. The first kappa shape index (κ1) is 44.6. The molecule has 3 aromatic rings. The van der Waals surface area contributed by atoms with E-state index in [1.54, 1.807) is 36.4 Å². The van der Waals surface area contributed by atoms with Crippen molar-refractivity contribution in [2.75, 3.05) is 9.80 Å². The number of hydrogen-bond acceptors (Lipinski definition) is 5. The molecular formula is C51H60N2O6. The lowest BCUT2D eigenvalue weighted by atomic mass is 10.0. The first-order valence-corrected chi connectivity index (χ1v) is 22.2. The van der Waals surface area contributed by atoms with Crippen LogP contribution in [0.25, 0.3) is 0 Å². The topological polar surface area (TPSA) is 112 Å². The lowest BCUT2D eigenvalue weighted by Crippen LogP contribution is -2.32. The number of benzene rings is 3. The van der Waals surface area contributed by atoms with Gasteiger partial charge in [0.1, 0.15) is 0 Å². The van der Waals surface area contributed by atoms with E-state index in [0.717, 1.165) is 48.3 Å². The molecule has 0 unspecified atom stereocenters. The van der Waals surface area contributed by atoms with Crippen LogP contribution in [0.15, 0.2) is 54.6 Å². The molecule has 0 bridgehead atoms. The minimum absolute atomic E-state index is 0.0604. The molecule has 8 heteroatoms. The molecule has 2 heterocycles. The molecule has 3 aromatic carbocycles. The lowest BCUT2D eigenvalue weighted by molar-refractivity contribution is 0.0694. The number of hydrogen-bond donors (Lipinski definition) is 1. The number of carbonyl (C=O) groups is 5. The number of anilines is 2. The Morgan fingerprint density at radius 2 is 0.797 bits per heavy atom. The first-order valence-electron chi connectivity index (χ1n) is 22.2. The predicted octanol–water partition coefficient (Wildman–Crippen LogP) is 12.3. The van der Waals surface area contributed by atoms with Crippen LogP contribution >= 0.6 is 0 Å². The van der Waals surface area contributed by atoms with E-state index >= 15 is 0 Å². The fourth-order valence-corrected chi connectivity index (χ4v) is 7.81. The van der Waals surface area contributed by atoms with Crippen molar-refractivity contribution >= 4 is 41.0 Å². The number of carbonyl (C=O) groups excluding carboxylic acids is 4. The molecule has 0 atom stereocenters. The fraction of sp³-hybridized carbons (Fsp3) is 0.471. The highest BCUT2D eigenvalue weighted by Gasteiger charge is 2.40. The van der Waals surface area contributed by atoms with Crippen molar-refractivity contribution in [2.24, 2.45) is 0 Å². The molecule has 0 saturated carbocycles. The van der Waals surface area contributed by atoms with Crippen LogP contribution in [0.3, 0.4) is 0 Å². The van der Waals surface area contributed by atoms with Crippen LogP contribution in [0.1, 0.15) is 218 Å². The predicted molar refractivity (Wildman–Crippen MR) is 235 cm³/mol. The van der Waals surface area contributed by atoms with Crippen molar-refractivity contribution in [2.45, 2.75) is 155 Å². The van der Waals surface area contributed by atoms with Crippen LogP contribution in [0.5, 0.6) is 0 Å². The van der Waals surface area contributed by atoms with Crippen molar-refractivity contribution in [1.29, 1.82) is 0 Å². The smallest absolute Gasteiger partial charge is 0.335 e. The Balaban J connectivity index is 1.19. The van der Waals surface area contributed by atoms with Crippen molar-refractivity contribution in [1.82, 2.24) is 0 Å². The fourth-order valence-electron chi connectivity index (χ4n) is 7.81. The van der Waals surface area contributed by atoms with E-state index < -0.39 is 29.6 Å². The second-order valence-electron chi connectivity index (χ2n) is 15.9. The first-order chi connectivity index (χ1) is 28.7. The normalized spacial score (nSPS) is 13.0. The van der Waals surface area contributed by atoms with Crippen LogP contribution in [0.4, 0.5) is 11.4 Å². The average Bonchev–Trinajstić information content (AvgIpc) is 3.64. The molecule has 0 fully saturated rings. The maximum Gasteiger partial charge on any atom is 0.335 e. The SMILES string of the molecule is CCCCCCCCCCCCC#Cc1ccc2c(c1)C(=O)N(c1cc(C(=O)O)cc(N3C(=O)c4ccc(C#CCCCCCCCCCCCC)cc4C3=O)c1)C2=O. The maximum absolute atomic E-state index is 13.8. The van der Waals surface area contributed by atoms with E-state index in [-0.39, 0.29) is 39.2 Å². The number of unbranched alkanes of at least 4 members (excludes halogenated alkanes) is 20. The summed E-state index contributed by atoms with van der Waals surface area (Å²) in [5.41, 5.74) is 1.45. The molecule has 59 heavy (non-hydrogen) atoms. The van der Waals surface area contributed by atoms with Crippen LogP contribution < -0.4 is 9.80 Å². The highest BCUT2D eigenvalue weighted by Crippen LogP contribution is 2.36. The molecule has 310 valence electrons. The van der Waals surface area contributed by atoms with Gasteiger partial charge in [-0.2, -0.15) is 0 Å². The van der Waals surface area contributed by atoms with Gasteiger partial charge in [0.15, 0.2) is 0 Å². The second-order valence-corrected chi connectivity index (χ2v) is 15.9. The molecule has 2 aliphatic heterocycles. The molecule has 8 nitrogen and oxygen atoms in total. The summed E-state index contributed by atoms with van der Waals surface area (Å²) in [7, 11) is 0. The number of fused-ring (bicyclic) bond motifs is 2. The second kappa shape index (κ2) is 23.2. The Labute approximate surface area is 351 Å². The number of rotatable bonds is 23. The van der Waals surface area contributed by atoms with Gasteiger partial charge >= 0.3 is 5.97 Å². The van der Waals surface area contributed by atoms with Crippen molar-refractivity contribution in [3.8, 4) is 23.7 Å². The van der Waals surface area contributed by atoms with Crippen molar-refractivity contribution in [3.63, 3.8) is 0 Å². The number of aromatic carboxylic acids is 1. The van der Waals surface area contributed by atoms with Crippen molar-refractivity contribution < 1.29 is 29.1 Å². The molecule has 0 aliphatic carbocycles. The van der Waals surface area contributed by atoms with Gasteiger partial charge in [0.25, 0.3) is 23.6 Å². The molecule has 0 radical (unpaired) electrons. The average molecular weight is 797 g/mol. The summed E-state index contributed by atoms with van der Waals surface area (Å²) in [6, 6.07) is 13.4. The number of nitrogens with zero attached hydrogens (tertiary/aromatic N) is 2. The summed E-state index contributed by atoms with van der Waals surface area (Å²) in [6.45, 7) is 4.47. The summed E-state index contributed by atoms with van der Waals surface area (Å²) >= 11 is 0. The number of carboxylic acids is 1. The molecule has 1 N–H and O–H groups in total. The Morgan fingerprint density at radius 3 is 1.15 bits per heavy atom. The summed E-state index contributed by atoms with van der Waals surface area (Å²) in [5.74, 6) is 8.73. The Morgan fingerprint density at radius 1 is 0.458 bits per heavy atom. The van der Waals surface area contributed by atoms with Gasteiger partial charge in [0.05, 0.1) is 39.2 Å². The van der Waals surface area contributed by atoms with E-state index in [4.69, 9.17) is 0 Å². The van der Waals surface area contributed by atoms with Gasteiger partial charge in [-0.1, -0.05) is 153 Å². The molecule has 4 amide bonds. The van der Waals surface area contributed by atoms with Crippen LogP contribution in [-0.2, 0) is 0 Å². The summed E-state index contributed by atoms with van der Waals surface area (Å²) < 4.78 is 0. The molecule has 2 aliphatic rings. The minimum Gasteiger partial charge on any atom is -0.478 e. The lowest BCUT2D eigenvalue weighted by Gasteiger charge is -2.20. The maximum atomic E-state index is 13.8. The quantitative estimate of drug-likeness (QED) is 0.0581. The van der Waals surface area contributed by atoms with E-state index in [0.29, 0.717) is 11.1 Å². The third-order valence-corrected chi connectivity index (χ3v) is 11.2. The van der Waals surface area contributed by atoms with Gasteiger partial charge in [-0.15, -0.1) is 0 Å². The number of carboxylic acid groups (broad SMARTS) is 1. The van der Waals surface area contributed by atoms with Crippen LogP contribution in [-0.4, -0.2) is 34.7 Å². The third kappa shape index (κ3) is 12.3. The molecule has 0 spiro atoms. The minimum atomic E-state index is -1.35. The third-order valence-electron chi connectivity index (χ3n) is 11.2. The Hall–Kier alpha value is -5.47. The monoisotopic (exact) mass is 796 g/mol. The zero-order valence-electron chi connectivity index (χ0n) is 35.1. The summed E-state index contributed by atoms with van der Waals surface area (Å²) in [5, 5.41) is 10.0. The zero-order chi connectivity index (χ0) is 42.0.